The van der Waals surface area contributed by atoms with E-state index in [0.29, 0.717) is 25.1 Å². The van der Waals surface area contributed by atoms with Crippen molar-refractivity contribution < 1.29 is 14.6 Å². The molecule has 180 valence electrons. The summed E-state index contributed by atoms with van der Waals surface area (Å²) in [6.45, 7) is 4.22. The molecule has 0 bridgehead atoms. The van der Waals surface area contributed by atoms with Crippen LogP contribution in [0, 0.1) is 17.2 Å². The first-order chi connectivity index (χ1) is 16.8. The number of aliphatic carboxylic acids is 1. The first-order valence-electron chi connectivity index (χ1n) is 12.0. The maximum absolute atomic E-state index is 11.6. The van der Waals surface area contributed by atoms with Gasteiger partial charge in [0.2, 0.25) is 5.88 Å². The smallest absolute Gasteiger partial charge is 0.306 e. The highest BCUT2D eigenvalue weighted by Gasteiger charge is 2.36. The second-order valence-corrected chi connectivity index (χ2v) is 10.1. The largest absolute Gasteiger partial charge is 0.481 e. The summed E-state index contributed by atoms with van der Waals surface area (Å²) >= 11 is 0. The molecule has 1 fully saturated rings. The highest BCUT2D eigenvalue weighted by atomic mass is 16.5. The van der Waals surface area contributed by atoms with Gasteiger partial charge in [-0.05, 0) is 55.4 Å². The number of aromatic nitrogens is 4. The molecule has 2 N–H and O–H groups in total. The summed E-state index contributed by atoms with van der Waals surface area (Å²) in [4.78, 5) is 15.9. The fourth-order valence-corrected chi connectivity index (χ4v) is 5.66. The molecule has 0 saturated heterocycles. The third-order valence-electron chi connectivity index (χ3n) is 7.40. The molecule has 0 spiro atoms. The Morgan fingerprint density at radius 2 is 2.06 bits per heavy atom. The van der Waals surface area contributed by atoms with Crippen LogP contribution in [-0.2, 0) is 10.2 Å². The van der Waals surface area contributed by atoms with Gasteiger partial charge >= 0.3 is 5.97 Å². The molecule has 1 aliphatic rings. The van der Waals surface area contributed by atoms with Crippen molar-refractivity contribution in [2.45, 2.75) is 57.3 Å². The number of carboxylic acids is 1. The van der Waals surface area contributed by atoms with Crippen molar-refractivity contribution in [1.82, 2.24) is 19.7 Å². The lowest BCUT2D eigenvalue weighted by Crippen LogP contribution is -2.25. The summed E-state index contributed by atoms with van der Waals surface area (Å²) in [5.41, 5.74) is 4.74. The Balaban J connectivity index is 1.83. The summed E-state index contributed by atoms with van der Waals surface area (Å²) in [5.74, 6) is -0.286. The zero-order valence-electron chi connectivity index (χ0n) is 20.2. The number of nitriles is 1. The second kappa shape index (κ2) is 8.73. The molecule has 0 unspecified atom stereocenters. The van der Waals surface area contributed by atoms with Gasteiger partial charge in [-0.15, -0.1) is 0 Å². The van der Waals surface area contributed by atoms with Crippen LogP contribution in [0.3, 0.4) is 0 Å². The quantitative estimate of drug-likeness (QED) is 0.386. The predicted octanol–water partition coefficient (Wildman–Crippen LogP) is 5.46. The van der Waals surface area contributed by atoms with Gasteiger partial charge in [0, 0.05) is 40.6 Å². The van der Waals surface area contributed by atoms with Crippen LogP contribution in [0.1, 0.15) is 63.1 Å². The van der Waals surface area contributed by atoms with Crippen molar-refractivity contribution >= 4 is 27.8 Å². The van der Waals surface area contributed by atoms with Crippen LogP contribution in [0.5, 0.6) is 5.88 Å². The lowest BCUT2D eigenvalue weighted by atomic mass is 9.74. The van der Waals surface area contributed by atoms with Crippen LogP contribution in [0.4, 0.5) is 0 Å². The number of H-pyrrole nitrogens is 1. The number of hydrogen-bond donors (Lipinski definition) is 2. The number of rotatable bonds is 6. The summed E-state index contributed by atoms with van der Waals surface area (Å²) in [7, 11) is 1.60. The SMILES string of the molecule is COc1cc(-n2c(C(C)(C)CC#N)c([C@H]3CC[C@H](C(=O)O)CC3)c3cc4[nH]ncc4cc32)ccn1. The number of nitrogens with one attached hydrogen (secondary N) is 1. The maximum atomic E-state index is 11.6. The highest BCUT2D eigenvalue weighted by Crippen LogP contribution is 2.47. The molecule has 0 atom stereocenters. The average molecular weight is 472 g/mol. The lowest BCUT2D eigenvalue weighted by Gasteiger charge is -2.32. The molecule has 8 heteroatoms. The molecule has 35 heavy (non-hydrogen) atoms. The van der Waals surface area contributed by atoms with E-state index < -0.39 is 11.4 Å². The molecule has 5 rings (SSSR count). The standard InChI is InChI=1S/C27H29N5O3/c1-27(2,9-10-28)25-24(16-4-6-17(7-5-16)26(33)34)20-14-21-18(15-30-31-21)12-22(20)32(25)19-8-11-29-23(13-19)35-3/h8,11-17H,4-7,9H2,1-3H3,(H,30,31)(H,33,34)/t16-,17-. The van der Waals surface area contributed by atoms with Gasteiger partial charge in [0.25, 0.3) is 0 Å². The van der Waals surface area contributed by atoms with Crippen LogP contribution in [0.15, 0.2) is 36.7 Å². The number of aromatic amines is 1. The second-order valence-electron chi connectivity index (χ2n) is 10.1. The molecule has 3 heterocycles. The molecular formula is C27H29N5O3. The van der Waals surface area contributed by atoms with Crippen LogP contribution < -0.4 is 4.74 Å². The molecule has 0 radical (unpaired) electrons. The predicted molar refractivity (Wildman–Crippen MR) is 133 cm³/mol. The molecule has 1 aromatic carbocycles. The van der Waals surface area contributed by atoms with E-state index in [9.17, 15) is 15.2 Å². The summed E-state index contributed by atoms with van der Waals surface area (Å²) in [5, 5.41) is 28.7. The molecule has 0 amide bonds. The van der Waals surface area contributed by atoms with E-state index in [1.807, 2.05) is 18.3 Å². The molecule has 8 nitrogen and oxygen atoms in total. The monoisotopic (exact) mass is 471 g/mol. The van der Waals surface area contributed by atoms with E-state index in [-0.39, 0.29) is 11.8 Å². The minimum atomic E-state index is -0.709. The third-order valence-corrected chi connectivity index (χ3v) is 7.40. The first-order valence-corrected chi connectivity index (χ1v) is 12.0. The fraction of sp³-hybridized carbons (Fsp3) is 0.407. The van der Waals surface area contributed by atoms with Crippen molar-refractivity contribution in [3.8, 4) is 17.6 Å². The molecule has 1 saturated carbocycles. The van der Waals surface area contributed by atoms with Gasteiger partial charge in [-0.25, -0.2) is 4.98 Å². The molecule has 1 aliphatic carbocycles. The van der Waals surface area contributed by atoms with Crippen molar-refractivity contribution in [2.24, 2.45) is 5.92 Å². The number of carbonyl (C=O) groups is 1. The number of benzene rings is 1. The van der Waals surface area contributed by atoms with Crippen molar-refractivity contribution in [3.63, 3.8) is 0 Å². The van der Waals surface area contributed by atoms with Crippen LogP contribution in [-0.4, -0.2) is 37.9 Å². The zero-order chi connectivity index (χ0) is 24.7. The molecule has 0 aliphatic heterocycles. The topological polar surface area (TPSA) is 117 Å². The minimum Gasteiger partial charge on any atom is -0.481 e. The Morgan fingerprint density at radius 1 is 1.29 bits per heavy atom. The van der Waals surface area contributed by atoms with E-state index >= 15 is 0 Å². The fourth-order valence-electron chi connectivity index (χ4n) is 5.66. The van der Waals surface area contributed by atoms with Crippen LogP contribution >= 0.6 is 0 Å². The first kappa shape index (κ1) is 22.9. The van der Waals surface area contributed by atoms with Gasteiger partial charge in [-0.3, -0.25) is 9.89 Å². The minimum absolute atomic E-state index is 0.200. The van der Waals surface area contributed by atoms with Crippen molar-refractivity contribution in [2.75, 3.05) is 7.11 Å². The van der Waals surface area contributed by atoms with E-state index in [0.717, 1.165) is 46.0 Å². The highest BCUT2D eigenvalue weighted by molar-refractivity contribution is 5.99. The van der Waals surface area contributed by atoms with Gasteiger partial charge in [0.1, 0.15) is 0 Å². The molecule has 3 aromatic heterocycles. The third kappa shape index (κ3) is 3.91. The zero-order valence-corrected chi connectivity index (χ0v) is 20.2. The van der Waals surface area contributed by atoms with Crippen LogP contribution in [0.2, 0.25) is 0 Å². The lowest BCUT2D eigenvalue weighted by molar-refractivity contribution is -0.142. The molecular weight excluding hydrogens is 442 g/mol. The number of carboxylic acid groups (broad SMARTS) is 1. The van der Waals surface area contributed by atoms with E-state index in [1.165, 1.54) is 5.56 Å². The van der Waals surface area contributed by atoms with Crippen LogP contribution in [0.25, 0.3) is 27.5 Å². The maximum Gasteiger partial charge on any atom is 0.306 e. The number of pyridine rings is 1. The van der Waals surface area contributed by atoms with E-state index in [2.05, 4.69) is 51.8 Å². The van der Waals surface area contributed by atoms with Gasteiger partial charge < -0.3 is 14.4 Å². The Kier molecular flexibility index (Phi) is 5.72. The van der Waals surface area contributed by atoms with Gasteiger partial charge in [-0.1, -0.05) is 13.8 Å². The summed E-state index contributed by atoms with van der Waals surface area (Å²) in [6, 6.07) is 10.5. The Hall–Kier alpha value is -3.86. The average Bonchev–Trinajstić information content (AvgIpc) is 3.44. The Bertz CT molecular complexity index is 1450. The Morgan fingerprint density at radius 3 is 2.74 bits per heavy atom. The van der Waals surface area contributed by atoms with Gasteiger partial charge in [0.15, 0.2) is 0 Å². The number of fused-ring (bicyclic) bond motifs is 2. The Labute approximate surface area is 203 Å². The summed E-state index contributed by atoms with van der Waals surface area (Å²) < 4.78 is 7.67. The number of methoxy groups -OCH3 is 1. The normalized spacial score (nSPS) is 18.6. The van der Waals surface area contributed by atoms with Crippen molar-refractivity contribution in [1.29, 1.82) is 5.26 Å². The van der Waals surface area contributed by atoms with E-state index in [1.54, 1.807) is 13.3 Å². The van der Waals surface area contributed by atoms with Gasteiger partial charge in [-0.2, -0.15) is 10.4 Å². The number of nitrogens with zero attached hydrogens (tertiary/aromatic N) is 4. The number of hydrogen-bond acceptors (Lipinski definition) is 5. The number of ether oxygens (including phenoxy) is 1. The summed E-state index contributed by atoms with van der Waals surface area (Å²) in [6.07, 6.45) is 6.80. The molecule has 4 aromatic rings. The van der Waals surface area contributed by atoms with Gasteiger partial charge in [0.05, 0.1) is 42.0 Å². The van der Waals surface area contributed by atoms with Crippen molar-refractivity contribution in [3.05, 3.63) is 47.9 Å². The van der Waals surface area contributed by atoms with E-state index in [4.69, 9.17) is 4.74 Å².